The predicted octanol–water partition coefficient (Wildman–Crippen LogP) is 2.36. The monoisotopic (exact) mass is 661 g/mol. The Hall–Kier alpha value is -3.93. The number of ether oxygens (including phenoxy) is 1. The number of rotatable bonds is 10. The zero-order valence-corrected chi connectivity index (χ0v) is 25.8. The Labute approximate surface area is 260 Å². The maximum Gasteiger partial charge on any atom is 0.352 e. The number of oxime groups is 1. The van der Waals surface area contributed by atoms with E-state index in [0.29, 0.717) is 19.9 Å². The molecule has 2 aromatic heterocycles. The van der Waals surface area contributed by atoms with Crippen LogP contribution in [0.3, 0.4) is 0 Å². The number of nitrogen functional groups attached to an aromatic ring is 1. The van der Waals surface area contributed by atoms with Gasteiger partial charge in [0, 0.05) is 27.0 Å². The van der Waals surface area contributed by atoms with Crippen molar-refractivity contribution in [2.24, 2.45) is 5.16 Å². The van der Waals surface area contributed by atoms with Crippen molar-refractivity contribution in [3.8, 4) is 0 Å². The standard InChI is InChI=1S/C26H23N5O8S4/c1-3-39-24(37)15-19(32)12-6-4-5-7-14(12)43-25(15)41-9-11-8-40-22-17(21(34)31(22)18(11)23(35)36)29-20(33)16(30-38-2)13-10-42-26(27)28-13/h4-7,10,17,22H,3,8-9H2,1-2H3,(H2,27,28)(H,29,33)(H,35,36)/b30-16-/t17-,22-/m1/s1. The van der Waals surface area contributed by atoms with E-state index < -0.39 is 40.6 Å². The molecule has 4 heterocycles. The number of β-lactam (4-membered cyclic amide) rings is 1. The number of aliphatic carboxylic acids is 1. The molecule has 13 nitrogen and oxygen atoms in total. The van der Waals surface area contributed by atoms with E-state index in [1.807, 2.05) is 0 Å². The number of thiazole rings is 1. The second-order valence-corrected chi connectivity index (χ2v) is 13.2. The number of aromatic nitrogens is 1. The highest BCUT2D eigenvalue weighted by atomic mass is 32.2. The summed E-state index contributed by atoms with van der Waals surface area (Å²) in [5, 5.41) is 17.9. The number of nitrogens with zero attached hydrogens (tertiary/aromatic N) is 3. The van der Waals surface area contributed by atoms with Crippen molar-refractivity contribution in [2.45, 2.75) is 22.5 Å². The van der Waals surface area contributed by atoms with E-state index in [1.54, 1.807) is 31.2 Å². The molecule has 0 radical (unpaired) electrons. The molecule has 17 heteroatoms. The van der Waals surface area contributed by atoms with E-state index >= 15 is 0 Å². The number of hydrogen-bond donors (Lipinski definition) is 3. The zero-order chi connectivity index (χ0) is 30.8. The van der Waals surface area contributed by atoms with Crippen molar-refractivity contribution in [1.29, 1.82) is 0 Å². The van der Waals surface area contributed by atoms with Gasteiger partial charge in [-0.15, -0.1) is 46.2 Å². The lowest BCUT2D eigenvalue weighted by Gasteiger charge is -2.49. The van der Waals surface area contributed by atoms with E-state index in [9.17, 15) is 29.1 Å². The van der Waals surface area contributed by atoms with Gasteiger partial charge in [0.25, 0.3) is 11.8 Å². The van der Waals surface area contributed by atoms with Crippen molar-refractivity contribution in [3.05, 3.63) is 62.4 Å². The molecule has 1 saturated heterocycles. The van der Waals surface area contributed by atoms with Gasteiger partial charge >= 0.3 is 11.9 Å². The van der Waals surface area contributed by atoms with Gasteiger partial charge < -0.3 is 25.7 Å². The Morgan fingerprint density at radius 1 is 1.28 bits per heavy atom. The molecule has 1 aromatic carbocycles. The Morgan fingerprint density at radius 2 is 2.05 bits per heavy atom. The van der Waals surface area contributed by atoms with Crippen LogP contribution in [0.4, 0.5) is 5.13 Å². The van der Waals surface area contributed by atoms with Gasteiger partial charge in [-0.3, -0.25) is 19.3 Å². The predicted molar refractivity (Wildman–Crippen MR) is 165 cm³/mol. The lowest BCUT2D eigenvalue weighted by Crippen LogP contribution is -2.71. The van der Waals surface area contributed by atoms with Crippen molar-refractivity contribution in [1.82, 2.24) is 15.2 Å². The third kappa shape index (κ3) is 5.84. The lowest BCUT2D eigenvalue weighted by molar-refractivity contribution is -0.150. The summed E-state index contributed by atoms with van der Waals surface area (Å²) in [6.07, 6.45) is 0. The number of amides is 2. The average Bonchev–Trinajstić information content (AvgIpc) is 3.42. The first-order chi connectivity index (χ1) is 20.7. The number of nitrogens with two attached hydrogens (primary N) is 1. The topological polar surface area (TPSA) is 191 Å². The van der Waals surface area contributed by atoms with Crippen LogP contribution in [0.15, 0.2) is 55.1 Å². The largest absolute Gasteiger partial charge is 0.477 e. The van der Waals surface area contributed by atoms with Gasteiger partial charge in [-0.05, 0) is 24.6 Å². The van der Waals surface area contributed by atoms with Crippen LogP contribution in [0, 0.1) is 0 Å². The lowest BCUT2D eigenvalue weighted by atomic mass is 10.0. The first-order valence-corrected chi connectivity index (χ1v) is 16.3. The van der Waals surface area contributed by atoms with Crippen LogP contribution in [0.25, 0.3) is 10.1 Å². The molecule has 2 aliphatic rings. The summed E-state index contributed by atoms with van der Waals surface area (Å²) in [4.78, 5) is 74.4. The molecule has 3 aromatic rings. The highest BCUT2D eigenvalue weighted by Gasteiger charge is 2.54. The first kappa shape index (κ1) is 30.5. The van der Waals surface area contributed by atoms with Gasteiger partial charge in [-0.1, -0.05) is 17.3 Å². The van der Waals surface area contributed by atoms with Gasteiger partial charge in [0.1, 0.15) is 35.5 Å². The van der Waals surface area contributed by atoms with Crippen LogP contribution in [0.2, 0.25) is 0 Å². The highest BCUT2D eigenvalue weighted by molar-refractivity contribution is 8.02. The first-order valence-electron chi connectivity index (χ1n) is 12.5. The normalized spacial score (nSPS) is 18.2. The molecule has 1 fully saturated rings. The van der Waals surface area contributed by atoms with Crippen LogP contribution in [-0.4, -0.2) is 81.1 Å². The molecular weight excluding hydrogens is 639 g/mol. The fourth-order valence-corrected chi connectivity index (χ4v) is 8.92. The quantitative estimate of drug-likeness (QED) is 0.0947. The number of nitrogens with one attached hydrogen (secondary N) is 1. The van der Waals surface area contributed by atoms with Crippen LogP contribution >= 0.6 is 46.2 Å². The third-order valence-electron chi connectivity index (χ3n) is 6.32. The Bertz CT molecular complexity index is 1770. The molecule has 2 atom stereocenters. The number of carboxylic acid groups (broad SMARTS) is 1. The van der Waals surface area contributed by atoms with E-state index in [4.69, 9.17) is 15.3 Å². The molecule has 0 bridgehead atoms. The number of carbonyl (C=O) groups excluding carboxylic acids is 3. The average molecular weight is 662 g/mol. The Balaban J connectivity index is 1.38. The van der Waals surface area contributed by atoms with Crippen LogP contribution in [0.5, 0.6) is 0 Å². The number of thioether (sulfide) groups is 2. The van der Waals surface area contributed by atoms with Crippen LogP contribution in [-0.2, 0) is 24.0 Å². The maximum atomic E-state index is 13.2. The molecule has 0 saturated carbocycles. The molecule has 224 valence electrons. The van der Waals surface area contributed by atoms with Gasteiger partial charge in [-0.25, -0.2) is 14.6 Å². The third-order valence-corrected chi connectivity index (χ3v) is 10.9. The summed E-state index contributed by atoms with van der Waals surface area (Å²) < 4.78 is 6.20. The van der Waals surface area contributed by atoms with E-state index in [1.165, 1.54) is 35.6 Å². The number of hydrogen-bond acceptors (Lipinski definition) is 14. The summed E-state index contributed by atoms with van der Waals surface area (Å²) in [5.74, 6) is -3.08. The van der Waals surface area contributed by atoms with Gasteiger partial charge in [0.05, 0.1) is 10.8 Å². The van der Waals surface area contributed by atoms with Gasteiger partial charge in [-0.2, -0.15) is 0 Å². The van der Waals surface area contributed by atoms with Crippen molar-refractivity contribution in [3.63, 3.8) is 0 Å². The molecule has 0 aliphatic carbocycles. The number of carbonyl (C=O) groups is 4. The molecule has 43 heavy (non-hydrogen) atoms. The van der Waals surface area contributed by atoms with E-state index in [0.717, 1.165) is 28.0 Å². The molecule has 4 N–H and O–H groups in total. The summed E-state index contributed by atoms with van der Waals surface area (Å²) in [7, 11) is 1.26. The van der Waals surface area contributed by atoms with Crippen molar-refractivity contribution < 1.29 is 33.9 Å². The summed E-state index contributed by atoms with van der Waals surface area (Å²) in [6, 6.07) is 5.87. The minimum atomic E-state index is -1.31. The minimum absolute atomic E-state index is 0.0810. The molecule has 0 unspecified atom stereocenters. The van der Waals surface area contributed by atoms with E-state index in [-0.39, 0.29) is 45.9 Å². The molecule has 2 aliphatic heterocycles. The number of carboxylic acids is 1. The zero-order valence-electron chi connectivity index (χ0n) is 22.5. The summed E-state index contributed by atoms with van der Waals surface area (Å²) in [5.41, 5.74) is 5.32. The SMILES string of the molecule is CCOC(=O)c1c(SCC2=C(C(=O)O)N3C(=O)[C@@H](NC(=O)/C(=N\OC)c4csc(N)n4)[C@H]3SC2)sc2ccccc2c1=O. The number of anilines is 1. The summed E-state index contributed by atoms with van der Waals surface area (Å²) in [6.45, 7) is 1.72. The molecule has 5 rings (SSSR count). The van der Waals surface area contributed by atoms with Crippen LogP contribution < -0.4 is 16.5 Å². The second-order valence-electron chi connectivity index (χ2n) is 8.91. The number of esters is 1. The number of benzene rings is 1. The fourth-order valence-electron chi connectivity index (χ4n) is 4.45. The van der Waals surface area contributed by atoms with Gasteiger partial charge in [0.15, 0.2) is 10.8 Å². The van der Waals surface area contributed by atoms with E-state index in [2.05, 4.69) is 15.5 Å². The Morgan fingerprint density at radius 3 is 2.72 bits per heavy atom. The van der Waals surface area contributed by atoms with Crippen molar-refractivity contribution >= 4 is 90.9 Å². The smallest absolute Gasteiger partial charge is 0.352 e. The summed E-state index contributed by atoms with van der Waals surface area (Å²) >= 11 is 4.75. The second kappa shape index (κ2) is 12.7. The molecule has 0 spiro atoms. The van der Waals surface area contributed by atoms with Gasteiger partial charge in [0.2, 0.25) is 5.43 Å². The van der Waals surface area contributed by atoms with Crippen LogP contribution in [0.1, 0.15) is 23.0 Å². The maximum absolute atomic E-state index is 13.2. The minimum Gasteiger partial charge on any atom is -0.477 e. The molecular formula is C26H23N5O8S4. The Kier molecular flexibility index (Phi) is 9.05. The fraction of sp³-hybridized carbons (Fsp3) is 0.269. The molecule has 2 amide bonds. The van der Waals surface area contributed by atoms with Crippen molar-refractivity contribution in [2.75, 3.05) is 31.0 Å². The number of fused-ring (bicyclic) bond motifs is 2. The highest BCUT2D eigenvalue weighted by Crippen LogP contribution is 2.42.